The van der Waals surface area contributed by atoms with Crippen molar-refractivity contribution in [2.45, 2.75) is 18.4 Å². The van der Waals surface area contributed by atoms with Crippen LogP contribution in [0.25, 0.3) is 22.2 Å². The number of hydrogen-bond donors (Lipinski definition) is 2. The lowest BCUT2D eigenvalue weighted by atomic mass is 10.1. The third-order valence-corrected chi connectivity index (χ3v) is 7.73. The van der Waals surface area contributed by atoms with Crippen molar-refractivity contribution in [2.24, 2.45) is 0 Å². The first kappa shape index (κ1) is 25.3. The number of benzene rings is 2. The highest BCUT2D eigenvalue weighted by Gasteiger charge is 2.18. The molecule has 5 rings (SSSR count). The van der Waals surface area contributed by atoms with Crippen LogP contribution in [-0.4, -0.2) is 47.0 Å². The standard InChI is InChI=1S/C26H26ClFN6O2S/c1-3-34-24-16(12-20(25(34)35)19-6-5-18(37(2)36)14-21(19)27)15-30-26(32-24)31-17-4-7-23(22(28)13-17)33-10-8-29-9-11-33/h4-7,12-15,29H,3,8-11H2,1-2H3,(H,30,31,32)/p+1. The zero-order valence-electron chi connectivity index (χ0n) is 20.5. The minimum atomic E-state index is -1.54. The Bertz CT molecular complexity index is 1570. The van der Waals surface area contributed by atoms with Crippen LogP contribution in [-0.2, 0) is 21.6 Å². The number of nitrogens with zero attached hydrogens (tertiary/aromatic N) is 4. The molecule has 11 heteroatoms. The highest BCUT2D eigenvalue weighted by molar-refractivity contribution is 7.84. The molecule has 8 nitrogen and oxygen atoms in total. The van der Waals surface area contributed by atoms with Gasteiger partial charge < -0.3 is 15.5 Å². The number of hydrogen-bond acceptors (Lipinski definition) is 7. The molecule has 1 aliphatic heterocycles. The molecule has 4 aromatic rings. The third kappa shape index (κ3) is 5.09. The first-order chi connectivity index (χ1) is 17.9. The van der Waals surface area contributed by atoms with Crippen LogP contribution >= 0.6 is 11.6 Å². The fourth-order valence-electron chi connectivity index (χ4n) is 4.50. The van der Waals surface area contributed by atoms with Gasteiger partial charge in [-0.05, 0) is 43.3 Å². The summed E-state index contributed by atoms with van der Waals surface area (Å²) >= 11 is 6.46. The summed E-state index contributed by atoms with van der Waals surface area (Å²) in [4.78, 5) is 25.0. The van der Waals surface area contributed by atoms with Gasteiger partial charge in [-0.25, -0.2) is 9.37 Å². The van der Waals surface area contributed by atoms with E-state index < -0.39 is 10.8 Å². The molecule has 1 unspecified atom stereocenters. The SMILES string of the molecule is CCn1c(=O)c(-c2ccc([SH+](C)=O)cc2Cl)cc2cnc(Nc3ccc(N4CCNCC4)c(F)c3)nc21. The second kappa shape index (κ2) is 10.6. The third-order valence-electron chi connectivity index (χ3n) is 6.41. The normalized spacial score (nSPS) is 14.6. The summed E-state index contributed by atoms with van der Waals surface area (Å²) in [5, 5.41) is 7.33. The molecule has 2 aromatic heterocycles. The maximum atomic E-state index is 14.9. The smallest absolute Gasteiger partial charge is 0.260 e. The zero-order valence-corrected chi connectivity index (χ0v) is 22.1. The summed E-state index contributed by atoms with van der Waals surface area (Å²) < 4.78 is 28.2. The van der Waals surface area contributed by atoms with Gasteiger partial charge in [0.1, 0.15) is 28.5 Å². The number of aromatic nitrogens is 3. The van der Waals surface area contributed by atoms with Crippen LogP contribution in [0.15, 0.2) is 58.4 Å². The monoisotopic (exact) mass is 541 g/mol. The molecule has 3 heterocycles. The van der Waals surface area contributed by atoms with Gasteiger partial charge in [-0.15, -0.1) is 4.21 Å². The average molecular weight is 542 g/mol. The molecular weight excluding hydrogens is 515 g/mol. The molecule has 0 bridgehead atoms. The molecule has 1 aliphatic rings. The highest BCUT2D eigenvalue weighted by Crippen LogP contribution is 2.30. The summed E-state index contributed by atoms with van der Waals surface area (Å²) in [7, 11) is -1.54. The summed E-state index contributed by atoms with van der Waals surface area (Å²) in [6, 6.07) is 11.7. The molecule has 1 atom stereocenters. The van der Waals surface area contributed by atoms with Crippen molar-refractivity contribution in [1.82, 2.24) is 19.9 Å². The van der Waals surface area contributed by atoms with E-state index in [1.807, 2.05) is 11.8 Å². The molecule has 1 fully saturated rings. The van der Waals surface area contributed by atoms with Gasteiger partial charge in [0.2, 0.25) is 5.95 Å². The van der Waals surface area contributed by atoms with Gasteiger partial charge in [0, 0.05) is 67.2 Å². The van der Waals surface area contributed by atoms with Gasteiger partial charge in [0.15, 0.2) is 4.90 Å². The Kier molecular flexibility index (Phi) is 7.23. The van der Waals surface area contributed by atoms with Crippen LogP contribution < -0.4 is 21.1 Å². The summed E-state index contributed by atoms with van der Waals surface area (Å²) in [5.41, 5.74) is 2.25. The van der Waals surface area contributed by atoms with Crippen LogP contribution in [0.2, 0.25) is 5.02 Å². The minimum Gasteiger partial charge on any atom is -0.367 e. The number of fused-ring (bicyclic) bond motifs is 1. The fourth-order valence-corrected chi connectivity index (χ4v) is 5.45. The van der Waals surface area contributed by atoms with Gasteiger partial charge >= 0.3 is 0 Å². The van der Waals surface area contributed by atoms with E-state index in [0.29, 0.717) is 50.0 Å². The zero-order chi connectivity index (χ0) is 26.1. The molecule has 37 heavy (non-hydrogen) atoms. The lowest BCUT2D eigenvalue weighted by molar-refractivity contribution is 0.566. The molecule has 2 N–H and O–H groups in total. The van der Waals surface area contributed by atoms with E-state index in [1.54, 1.807) is 53.4 Å². The van der Waals surface area contributed by atoms with Gasteiger partial charge in [0.05, 0.1) is 10.7 Å². The molecule has 0 saturated carbocycles. The van der Waals surface area contributed by atoms with E-state index in [1.165, 1.54) is 6.07 Å². The van der Waals surface area contributed by atoms with E-state index in [4.69, 9.17) is 11.6 Å². The van der Waals surface area contributed by atoms with Gasteiger partial charge in [0.25, 0.3) is 5.56 Å². The van der Waals surface area contributed by atoms with Crippen molar-refractivity contribution in [1.29, 1.82) is 0 Å². The molecule has 0 radical (unpaired) electrons. The molecule has 0 amide bonds. The van der Waals surface area contributed by atoms with Crippen LogP contribution in [0.5, 0.6) is 0 Å². The van der Waals surface area contributed by atoms with Crippen molar-refractivity contribution in [3.63, 3.8) is 0 Å². The van der Waals surface area contributed by atoms with E-state index in [9.17, 15) is 13.4 Å². The van der Waals surface area contributed by atoms with Crippen molar-refractivity contribution in [3.05, 3.63) is 69.9 Å². The van der Waals surface area contributed by atoms with Gasteiger partial charge in [-0.2, -0.15) is 4.98 Å². The van der Waals surface area contributed by atoms with Crippen molar-refractivity contribution >= 4 is 50.8 Å². The molecule has 2 aromatic carbocycles. The fraction of sp³-hybridized carbons (Fsp3) is 0.269. The van der Waals surface area contributed by atoms with Crippen molar-refractivity contribution < 1.29 is 8.60 Å². The lowest BCUT2D eigenvalue weighted by Crippen LogP contribution is -2.43. The number of piperazine rings is 1. The topological polar surface area (TPSA) is 92.2 Å². The number of nitrogens with one attached hydrogen (secondary N) is 2. The van der Waals surface area contributed by atoms with E-state index in [2.05, 4.69) is 20.6 Å². The Morgan fingerprint density at radius 2 is 1.92 bits per heavy atom. The summed E-state index contributed by atoms with van der Waals surface area (Å²) in [6.07, 6.45) is 3.23. The number of halogens is 2. The van der Waals surface area contributed by atoms with Crippen LogP contribution in [0.4, 0.5) is 21.7 Å². The van der Waals surface area contributed by atoms with Gasteiger partial charge in [-0.1, -0.05) is 11.6 Å². The largest absolute Gasteiger partial charge is 0.367 e. The quantitative estimate of drug-likeness (QED) is 0.280. The second-order valence-electron chi connectivity index (χ2n) is 8.77. The number of aryl methyl sites for hydroxylation is 1. The predicted octanol–water partition coefficient (Wildman–Crippen LogP) is 4.11. The van der Waals surface area contributed by atoms with Crippen molar-refractivity contribution in [2.75, 3.05) is 42.7 Å². The molecule has 0 aliphatic carbocycles. The Hall–Kier alpha value is -3.34. The molecule has 1 saturated heterocycles. The van der Waals surface area contributed by atoms with E-state index >= 15 is 0 Å². The molecular formula is C26H27ClFN6O2S+. The Morgan fingerprint density at radius 1 is 1.14 bits per heavy atom. The van der Waals surface area contributed by atoms with Crippen molar-refractivity contribution in [3.8, 4) is 11.1 Å². The molecule has 0 spiro atoms. The Balaban J connectivity index is 1.48. The van der Waals surface area contributed by atoms with Gasteiger partial charge in [-0.3, -0.25) is 9.36 Å². The molecule has 192 valence electrons. The van der Waals surface area contributed by atoms with Crippen LogP contribution in [0.3, 0.4) is 0 Å². The maximum Gasteiger partial charge on any atom is 0.260 e. The highest BCUT2D eigenvalue weighted by atomic mass is 35.5. The van der Waals surface area contributed by atoms with Crippen LogP contribution in [0.1, 0.15) is 6.92 Å². The Labute approximate surface area is 221 Å². The van der Waals surface area contributed by atoms with Crippen LogP contribution in [0, 0.1) is 5.82 Å². The number of anilines is 3. The Morgan fingerprint density at radius 3 is 2.59 bits per heavy atom. The lowest BCUT2D eigenvalue weighted by Gasteiger charge is -2.29. The maximum absolute atomic E-state index is 14.9. The summed E-state index contributed by atoms with van der Waals surface area (Å²) in [6.45, 7) is 5.39. The van der Waals surface area contributed by atoms with E-state index in [-0.39, 0.29) is 17.3 Å². The second-order valence-corrected chi connectivity index (χ2v) is 10.7. The average Bonchev–Trinajstić information content (AvgIpc) is 2.89. The number of rotatable bonds is 6. The minimum absolute atomic E-state index is 0.249. The number of pyridine rings is 1. The summed E-state index contributed by atoms with van der Waals surface area (Å²) in [5.74, 6) is -0.0661. The predicted molar refractivity (Wildman–Crippen MR) is 148 cm³/mol. The van der Waals surface area contributed by atoms with E-state index in [0.717, 1.165) is 26.2 Å². The first-order valence-corrected chi connectivity index (χ1v) is 14.1. The first-order valence-electron chi connectivity index (χ1n) is 12.0. The number of thiol groups is 1.